The van der Waals surface area contributed by atoms with Crippen molar-refractivity contribution in [3.63, 3.8) is 0 Å². The minimum absolute atomic E-state index is 0.171. The first-order chi connectivity index (χ1) is 11.1. The largest absolute Gasteiger partial charge is 0.207 e. The van der Waals surface area contributed by atoms with Crippen molar-refractivity contribution < 1.29 is 4.39 Å². The lowest BCUT2D eigenvalue weighted by Gasteiger charge is -1.97. The third kappa shape index (κ3) is 10.5. The molecule has 2 aromatic carbocycles. The molecule has 0 spiro atoms. The normalized spacial score (nSPS) is 11.6. The van der Waals surface area contributed by atoms with Gasteiger partial charge in [0.25, 0.3) is 0 Å². The highest BCUT2D eigenvalue weighted by atomic mass is 19.1. The van der Waals surface area contributed by atoms with E-state index >= 15 is 0 Å². The molecule has 2 aromatic rings. The number of rotatable bonds is 1. The Bertz CT molecular complexity index is 515. The summed E-state index contributed by atoms with van der Waals surface area (Å²) in [5.74, 6) is 0.732. The molecule has 1 aliphatic rings. The minimum atomic E-state index is -0.171. The Morgan fingerprint density at radius 3 is 1.87 bits per heavy atom. The molecule has 0 bridgehead atoms. The molecule has 0 radical (unpaired) electrons. The Kier molecular flexibility index (Phi) is 11.6. The van der Waals surface area contributed by atoms with Gasteiger partial charge >= 0.3 is 0 Å². The summed E-state index contributed by atoms with van der Waals surface area (Å²) in [6.07, 6.45) is 4.56. The fourth-order valence-electron chi connectivity index (χ4n) is 1.87. The van der Waals surface area contributed by atoms with E-state index in [0.717, 1.165) is 11.5 Å². The Labute approximate surface area is 142 Å². The Morgan fingerprint density at radius 2 is 1.48 bits per heavy atom. The van der Waals surface area contributed by atoms with Crippen LogP contribution in [-0.4, -0.2) is 0 Å². The first kappa shape index (κ1) is 21.1. The summed E-state index contributed by atoms with van der Waals surface area (Å²) in [5, 5.41) is 0. The van der Waals surface area contributed by atoms with Crippen LogP contribution in [0.1, 0.15) is 56.2 Å². The quantitative estimate of drug-likeness (QED) is 0.487. The number of benzene rings is 2. The van der Waals surface area contributed by atoms with Crippen molar-refractivity contribution in [3.8, 4) is 0 Å². The second-order valence-electron chi connectivity index (χ2n) is 5.39. The maximum Gasteiger partial charge on any atom is 0.123 e. The van der Waals surface area contributed by atoms with E-state index in [1.54, 1.807) is 23.8 Å². The van der Waals surface area contributed by atoms with Gasteiger partial charge in [-0.25, -0.2) is 4.39 Å². The van der Waals surface area contributed by atoms with Crippen LogP contribution < -0.4 is 0 Å². The zero-order valence-corrected chi connectivity index (χ0v) is 15.3. The van der Waals surface area contributed by atoms with Crippen LogP contribution in [0.3, 0.4) is 0 Å². The monoisotopic (exact) mass is 314 g/mol. The van der Waals surface area contributed by atoms with Gasteiger partial charge in [-0.1, -0.05) is 67.4 Å². The summed E-state index contributed by atoms with van der Waals surface area (Å²) in [6.45, 7) is 13.3. The van der Waals surface area contributed by atoms with E-state index in [4.69, 9.17) is 0 Å². The maximum absolute atomic E-state index is 12.1. The second-order valence-corrected chi connectivity index (χ2v) is 5.39. The third-order valence-electron chi connectivity index (χ3n) is 3.10. The summed E-state index contributed by atoms with van der Waals surface area (Å²) in [5.41, 5.74) is 4.02. The van der Waals surface area contributed by atoms with Gasteiger partial charge in [-0.05, 0) is 57.2 Å². The molecule has 0 amide bonds. The van der Waals surface area contributed by atoms with Gasteiger partial charge in [-0.3, -0.25) is 0 Å². The molecule has 0 N–H and O–H groups in total. The van der Waals surface area contributed by atoms with E-state index in [2.05, 4.69) is 37.8 Å². The zero-order chi connectivity index (χ0) is 17.7. The van der Waals surface area contributed by atoms with Crippen molar-refractivity contribution in [1.82, 2.24) is 0 Å². The van der Waals surface area contributed by atoms with Crippen LogP contribution in [0.4, 0.5) is 4.39 Å². The molecule has 126 valence electrons. The number of halogens is 1. The lowest BCUT2D eigenvalue weighted by atomic mass is 10.1. The van der Waals surface area contributed by atoms with Crippen molar-refractivity contribution in [2.45, 2.75) is 53.4 Å². The molecule has 0 aliphatic heterocycles. The van der Waals surface area contributed by atoms with Crippen molar-refractivity contribution in [1.29, 1.82) is 0 Å². The van der Waals surface area contributed by atoms with Crippen LogP contribution in [0.5, 0.6) is 0 Å². The summed E-state index contributed by atoms with van der Waals surface area (Å²) in [7, 11) is 0. The van der Waals surface area contributed by atoms with E-state index < -0.39 is 0 Å². The highest BCUT2D eigenvalue weighted by Gasteiger charge is 2.22. The van der Waals surface area contributed by atoms with Crippen molar-refractivity contribution >= 4 is 0 Å². The predicted octanol–water partition coefficient (Wildman–Crippen LogP) is 7.23. The van der Waals surface area contributed by atoms with Gasteiger partial charge in [-0.2, -0.15) is 0 Å². The van der Waals surface area contributed by atoms with Gasteiger partial charge in [-0.15, -0.1) is 6.58 Å². The van der Waals surface area contributed by atoms with E-state index in [-0.39, 0.29) is 5.82 Å². The topological polar surface area (TPSA) is 0 Å². The fraction of sp³-hybridized carbons (Fsp3) is 0.364. The molecule has 1 aliphatic carbocycles. The van der Waals surface area contributed by atoms with Crippen molar-refractivity contribution in [2.75, 3.05) is 0 Å². The SMILES string of the molecule is C=CC.CC.Cc1ccc(F)cc1.Cc1cccc(C2CC2)c1. The smallest absolute Gasteiger partial charge is 0.123 e. The van der Waals surface area contributed by atoms with E-state index in [0.29, 0.717) is 0 Å². The molecule has 0 unspecified atom stereocenters. The number of hydrogen-bond donors (Lipinski definition) is 0. The maximum atomic E-state index is 12.1. The van der Waals surface area contributed by atoms with Gasteiger partial charge in [0, 0.05) is 0 Å². The minimum Gasteiger partial charge on any atom is -0.207 e. The number of allylic oxidation sites excluding steroid dienone is 1. The molecule has 1 saturated carbocycles. The highest BCUT2D eigenvalue weighted by Crippen LogP contribution is 2.39. The highest BCUT2D eigenvalue weighted by molar-refractivity contribution is 5.28. The molecule has 0 saturated heterocycles. The summed E-state index contributed by atoms with van der Waals surface area (Å²) < 4.78 is 12.1. The summed E-state index contributed by atoms with van der Waals surface area (Å²) >= 11 is 0. The first-order valence-electron chi connectivity index (χ1n) is 8.42. The Morgan fingerprint density at radius 1 is 0.957 bits per heavy atom. The van der Waals surface area contributed by atoms with Crippen LogP contribution in [0.2, 0.25) is 0 Å². The van der Waals surface area contributed by atoms with Crippen LogP contribution in [0, 0.1) is 19.7 Å². The van der Waals surface area contributed by atoms with Crippen molar-refractivity contribution in [2.24, 2.45) is 0 Å². The Balaban J connectivity index is 0.000000336. The van der Waals surface area contributed by atoms with Crippen LogP contribution in [0.25, 0.3) is 0 Å². The molecule has 0 heterocycles. The van der Waals surface area contributed by atoms with Crippen LogP contribution in [-0.2, 0) is 0 Å². The van der Waals surface area contributed by atoms with Gasteiger partial charge in [0.2, 0.25) is 0 Å². The zero-order valence-electron chi connectivity index (χ0n) is 15.3. The molecular formula is C22H31F. The fourth-order valence-corrected chi connectivity index (χ4v) is 1.87. The van der Waals surface area contributed by atoms with Gasteiger partial charge < -0.3 is 0 Å². The third-order valence-corrected chi connectivity index (χ3v) is 3.10. The predicted molar refractivity (Wildman–Crippen MR) is 102 cm³/mol. The summed E-state index contributed by atoms with van der Waals surface area (Å²) in [6, 6.07) is 15.3. The van der Waals surface area contributed by atoms with E-state index in [9.17, 15) is 4.39 Å². The van der Waals surface area contributed by atoms with Crippen LogP contribution in [0.15, 0.2) is 61.2 Å². The summed E-state index contributed by atoms with van der Waals surface area (Å²) in [4.78, 5) is 0. The molecule has 0 nitrogen and oxygen atoms in total. The number of hydrogen-bond acceptors (Lipinski definition) is 0. The average Bonchev–Trinajstić information content (AvgIpc) is 3.39. The first-order valence-corrected chi connectivity index (χ1v) is 8.42. The van der Waals surface area contributed by atoms with Crippen LogP contribution >= 0.6 is 0 Å². The standard InChI is InChI=1S/C10H12.C7H7F.C3H6.C2H6/c1-8-3-2-4-10(7-8)9-5-6-9;1-6-2-4-7(8)5-3-6;1-3-2;1-2/h2-4,7,9H,5-6H2,1H3;2-5H,1H3;3H,1H2,2H3;1-2H3. The lowest BCUT2D eigenvalue weighted by Crippen LogP contribution is -1.78. The second kappa shape index (κ2) is 12.6. The number of aryl methyl sites for hydroxylation is 2. The molecule has 1 fully saturated rings. The van der Waals surface area contributed by atoms with Gasteiger partial charge in [0.05, 0.1) is 0 Å². The van der Waals surface area contributed by atoms with E-state index in [1.165, 1.54) is 30.5 Å². The van der Waals surface area contributed by atoms with Gasteiger partial charge in [0.1, 0.15) is 5.82 Å². The lowest BCUT2D eigenvalue weighted by molar-refractivity contribution is 0.627. The molecule has 23 heavy (non-hydrogen) atoms. The molecule has 3 rings (SSSR count). The molecule has 1 heteroatoms. The average molecular weight is 314 g/mol. The van der Waals surface area contributed by atoms with Crippen molar-refractivity contribution in [3.05, 3.63) is 83.7 Å². The van der Waals surface area contributed by atoms with E-state index in [1.807, 2.05) is 27.7 Å². The van der Waals surface area contributed by atoms with Gasteiger partial charge in [0.15, 0.2) is 0 Å². The molecule has 0 atom stereocenters. The molecule has 0 aromatic heterocycles. The molecular weight excluding hydrogens is 283 g/mol. The Hall–Kier alpha value is -1.89.